The van der Waals surface area contributed by atoms with Crippen molar-refractivity contribution in [2.45, 2.75) is 25.3 Å². The van der Waals surface area contributed by atoms with Crippen LogP contribution in [0, 0.1) is 0 Å². The molecule has 0 spiro atoms. The Morgan fingerprint density at radius 3 is 3.00 bits per heavy atom. The van der Waals surface area contributed by atoms with E-state index in [1.54, 1.807) is 25.1 Å². The van der Waals surface area contributed by atoms with E-state index < -0.39 is 11.5 Å². The molecule has 3 rings (SSSR count). The molecule has 2 aromatic rings. The number of aromatic nitrogens is 2. The molecule has 0 saturated carbocycles. The SMILES string of the molecule is CC1(C(=O)O)CCCN1C(=O)c1cc(-c2ccco2)[nH]n1. The molecular formula is C14H15N3O4. The second-order valence-corrected chi connectivity index (χ2v) is 5.28. The number of amides is 1. The minimum absolute atomic E-state index is 0.191. The van der Waals surface area contributed by atoms with Gasteiger partial charge in [0.15, 0.2) is 11.5 Å². The molecule has 0 radical (unpaired) electrons. The van der Waals surface area contributed by atoms with Gasteiger partial charge in [0.25, 0.3) is 5.91 Å². The van der Waals surface area contributed by atoms with Crippen LogP contribution in [0.15, 0.2) is 28.9 Å². The molecule has 0 bridgehead atoms. The maximum absolute atomic E-state index is 12.5. The highest BCUT2D eigenvalue weighted by Crippen LogP contribution is 2.31. The van der Waals surface area contributed by atoms with Crippen LogP contribution < -0.4 is 0 Å². The molecule has 3 heterocycles. The number of carbonyl (C=O) groups excluding carboxylic acids is 1. The lowest BCUT2D eigenvalue weighted by atomic mass is 9.99. The molecule has 7 heteroatoms. The molecule has 2 aromatic heterocycles. The van der Waals surface area contributed by atoms with E-state index in [9.17, 15) is 14.7 Å². The van der Waals surface area contributed by atoms with Gasteiger partial charge in [0.05, 0.1) is 6.26 Å². The van der Waals surface area contributed by atoms with Gasteiger partial charge in [0.2, 0.25) is 0 Å². The third-order valence-corrected chi connectivity index (χ3v) is 3.93. The second-order valence-electron chi connectivity index (χ2n) is 5.28. The number of rotatable bonds is 3. The molecule has 110 valence electrons. The Bertz CT molecular complexity index is 676. The third kappa shape index (κ3) is 2.10. The quantitative estimate of drug-likeness (QED) is 0.896. The number of hydrogen-bond acceptors (Lipinski definition) is 4. The number of nitrogens with one attached hydrogen (secondary N) is 1. The molecule has 1 fully saturated rings. The summed E-state index contributed by atoms with van der Waals surface area (Å²) in [5.74, 6) is -0.800. The molecule has 1 aliphatic rings. The van der Waals surface area contributed by atoms with E-state index in [0.717, 1.165) is 0 Å². The summed E-state index contributed by atoms with van der Waals surface area (Å²) in [5.41, 5.74) is -0.392. The number of hydrogen-bond donors (Lipinski definition) is 2. The molecule has 1 atom stereocenters. The van der Waals surface area contributed by atoms with Crippen LogP contribution >= 0.6 is 0 Å². The molecule has 2 N–H and O–H groups in total. The molecule has 7 nitrogen and oxygen atoms in total. The molecule has 1 aliphatic heterocycles. The number of carboxylic acid groups (broad SMARTS) is 1. The van der Waals surface area contributed by atoms with Gasteiger partial charge in [-0.1, -0.05) is 0 Å². The summed E-state index contributed by atoms with van der Waals surface area (Å²) in [6.07, 6.45) is 2.65. The van der Waals surface area contributed by atoms with Crippen LogP contribution in [-0.4, -0.2) is 44.2 Å². The lowest BCUT2D eigenvalue weighted by molar-refractivity contribution is -0.147. The number of aromatic amines is 1. The van der Waals surface area contributed by atoms with Crippen molar-refractivity contribution in [2.75, 3.05) is 6.54 Å². The number of likely N-dealkylation sites (tertiary alicyclic amines) is 1. The predicted molar refractivity (Wildman–Crippen MR) is 72.6 cm³/mol. The predicted octanol–water partition coefficient (Wildman–Crippen LogP) is 1.75. The van der Waals surface area contributed by atoms with Crippen LogP contribution in [0.2, 0.25) is 0 Å². The van der Waals surface area contributed by atoms with Crippen LogP contribution in [0.1, 0.15) is 30.3 Å². The van der Waals surface area contributed by atoms with Crippen LogP contribution in [0.25, 0.3) is 11.5 Å². The number of H-pyrrole nitrogens is 1. The number of carbonyl (C=O) groups is 2. The maximum Gasteiger partial charge on any atom is 0.329 e. The van der Waals surface area contributed by atoms with Crippen molar-refractivity contribution in [2.24, 2.45) is 0 Å². The van der Waals surface area contributed by atoms with Gasteiger partial charge in [-0.05, 0) is 31.9 Å². The fourth-order valence-electron chi connectivity index (χ4n) is 2.64. The first-order valence-electron chi connectivity index (χ1n) is 6.67. The molecule has 0 aromatic carbocycles. The van der Waals surface area contributed by atoms with Gasteiger partial charge in [-0.15, -0.1) is 0 Å². The molecule has 1 unspecified atom stereocenters. The van der Waals surface area contributed by atoms with Crippen LogP contribution in [0.4, 0.5) is 0 Å². The Morgan fingerprint density at radius 1 is 1.52 bits per heavy atom. The van der Waals surface area contributed by atoms with Crippen molar-refractivity contribution in [1.82, 2.24) is 15.1 Å². The van der Waals surface area contributed by atoms with Crippen molar-refractivity contribution >= 4 is 11.9 Å². The first kappa shape index (κ1) is 13.4. The van der Waals surface area contributed by atoms with Gasteiger partial charge in [0.1, 0.15) is 11.2 Å². The van der Waals surface area contributed by atoms with Gasteiger partial charge >= 0.3 is 5.97 Å². The summed E-state index contributed by atoms with van der Waals surface area (Å²) in [6, 6.07) is 5.06. The van der Waals surface area contributed by atoms with Gasteiger partial charge in [-0.3, -0.25) is 9.89 Å². The van der Waals surface area contributed by atoms with E-state index >= 15 is 0 Å². The lowest BCUT2D eigenvalue weighted by Crippen LogP contribution is -2.50. The molecule has 21 heavy (non-hydrogen) atoms. The van der Waals surface area contributed by atoms with Crippen molar-refractivity contribution < 1.29 is 19.1 Å². The first-order chi connectivity index (χ1) is 10.0. The van der Waals surface area contributed by atoms with E-state index in [2.05, 4.69) is 10.2 Å². The summed E-state index contributed by atoms with van der Waals surface area (Å²) >= 11 is 0. The van der Waals surface area contributed by atoms with Crippen molar-refractivity contribution in [3.8, 4) is 11.5 Å². The van der Waals surface area contributed by atoms with Gasteiger partial charge in [-0.25, -0.2) is 4.79 Å². The van der Waals surface area contributed by atoms with Gasteiger partial charge < -0.3 is 14.4 Å². The first-order valence-corrected chi connectivity index (χ1v) is 6.67. The van der Waals surface area contributed by atoms with Crippen molar-refractivity contribution in [1.29, 1.82) is 0 Å². The van der Waals surface area contributed by atoms with E-state index in [0.29, 0.717) is 30.8 Å². The van der Waals surface area contributed by atoms with E-state index in [4.69, 9.17) is 4.42 Å². The zero-order valence-electron chi connectivity index (χ0n) is 11.5. The summed E-state index contributed by atoms with van der Waals surface area (Å²) in [6.45, 7) is 1.99. The van der Waals surface area contributed by atoms with Crippen LogP contribution in [-0.2, 0) is 4.79 Å². The smallest absolute Gasteiger partial charge is 0.329 e. The summed E-state index contributed by atoms with van der Waals surface area (Å²) in [7, 11) is 0. The topological polar surface area (TPSA) is 99.4 Å². The lowest BCUT2D eigenvalue weighted by Gasteiger charge is -2.30. The normalized spacial score (nSPS) is 21.7. The van der Waals surface area contributed by atoms with Gasteiger partial charge in [0, 0.05) is 12.6 Å². The highest BCUT2D eigenvalue weighted by molar-refractivity contribution is 5.97. The largest absolute Gasteiger partial charge is 0.480 e. The minimum atomic E-state index is -1.17. The highest BCUT2D eigenvalue weighted by Gasteiger charge is 2.46. The van der Waals surface area contributed by atoms with Crippen molar-refractivity contribution in [3.05, 3.63) is 30.2 Å². The monoisotopic (exact) mass is 289 g/mol. The number of furan rings is 1. The Hall–Kier alpha value is -2.57. The summed E-state index contributed by atoms with van der Waals surface area (Å²) in [4.78, 5) is 25.3. The summed E-state index contributed by atoms with van der Waals surface area (Å²) < 4.78 is 5.23. The standard InChI is InChI=1S/C14H15N3O4/c1-14(13(19)20)5-3-6-17(14)12(18)10-8-9(15-16-10)11-4-2-7-21-11/h2,4,7-8H,3,5-6H2,1H3,(H,15,16)(H,19,20). The zero-order chi connectivity index (χ0) is 15.0. The molecule has 0 aliphatic carbocycles. The third-order valence-electron chi connectivity index (χ3n) is 3.93. The molecule has 1 saturated heterocycles. The molecule has 1 amide bonds. The van der Waals surface area contributed by atoms with E-state index in [-0.39, 0.29) is 11.6 Å². The summed E-state index contributed by atoms with van der Waals surface area (Å²) in [5, 5.41) is 16.1. The number of carboxylic acids is 1. The number of aliphatic carboxylic acids is 1. The van der Waals surface area contributed by atoms with Gasteiger partial charge in [-0.2, -0.15) is 5.10 Å². The average Bonchev–Trinajstić information content (AvgIpc) is 3.18. The fraction of sp³-hybridized carbons (Fsp3) is 0.357. The van der Waals surface area contributed by atoms with Crippen LogP contribution in [0.3, 0.4) is 0 Å². The second kappa shape index (κ2) is 4.76. The van der Waals surface area contributed by atoms with E-state index in [1.165, 1.54) is 11.2 Å². The minimum Gasteiger partial charge on any atom is -0.480 e. The maximum atomic E-state index is 12.5. The highest BCUT2D eigenvalue weighted by atomic mass is 16.4. The molecular weight excluding hydrogens is 274 g/mol. The Kier molecular flexibility index (Phi) is 3.04. The van der Waals surface area contributed by atoms with Crippen LogP contribution in [0.5, 0.6) is 0 Å². The number of nitrogens with zero attached hydrogens (tertiary/aromatic N) is 2. The van der Waals surface area contributed by atoms with Crippen molar-refractivity contribution in [3.63, 3.8) is 0 Å². The Labute approximate surface area is 120 Å². The fourth-order valence-corrected chi connectivity index (χ4v) is 2.64. The van der Waals surface area contributed by atoms with E-state index in [1.807, 2.05) is 0 Å². The zero-order valence-corrected chi connectivity index (χ0v) is 11.5. The average molecular weight is 289 g/mol. The Balaban J connectivity index is 1.87. The Morgan fingerprint density at radius 2 is 2.33 bits per heavy atom.